The molecule has 0 saturated carbocycles. The van der Waals surface area contributed by atoms with Gasteiger partial charge in [0, 0.05) is 18.1 Å². The Morgan fingerprint density at radius 3 is 2.86 bits per heavy atom. The summed E-state index contributed by atoms with van der Waals surface area (Å²) in [7, 11) is 0. The third-order valence-corrected chi connectivity index (χ3v) is 4.29. The number of furan rings is 1. The van der Waals surface area contributed by atoms with Crippen LogP contribution in [-0.2, 0) is 11.3 Å². The van der Waals surface area contributed by atoms with E-state index in [-0.39, 0.29) is 17.0 Å². The van der Waals surface area contributed by atoms with Gasteiger partial charge in [-0.1, -0.05) is 13.8 Å². The Morgan fingerprint density at radius 1 is 1.36 bits per heavy atom. The summed E-state index contributed by atoms with van der Waals surface area (Å²) in [6.45, 7) is 3.40. The Labute approximate surface area is 161 Å². The lowest BCUT2D eigenvalue weighted by Gasteiger charge is -2.13. The van der Waals surface area contributed by atoms with E-state index < -0.39 is 23.8 Å². The van der Waals surface area contributed by atoms with E-state index in [1.54, 1.807) is 16.5 Å². The quantitative estimate of drug-likeness (QED) is 0.560. The predicted molar refractivity (Wildman–Crippen MR) is 98.9 cm³/mol. The summed E-state index contributed by atoms with van der Waals surface area (Å²) in [5.74, 6) is -1.22. The first kappa shape index (κ1) is 18.1. The van der Waals surface area contributed by atoms with Crippen LogP contribution in [0, 0.1) is 5.82 Å². The zero-order valence-corrected chi connectivity index (χ0v) is 15.6. The van der Waals surface area contributed by atoms with Gasteiger partial charge in [0.15, 0.2) is 22.4 Å². The number of carbonyl (C=O) groups excluding carboxylic acids is 1. The second-order valence-electron chi connectivity index (χ2n) is 6.41. The fraction of sp³-hybridized carbons (Fsp3) is 0.235. The molecule has 0 radical (unpaired) electrons. The number of rotatable bonds is 4. The molecule has 0 bridgehead atoms. The molecule has 11 heteroatoms. The van der Waals surface area contributed by atoms with Gasteiger partial charge >= 0.3 is 0 Å². The normalized spacial score (nSPS) is 11.6. The number of aromatic nitrogens is 5. The van der Waals surface area contributed by atoms with Crippen LogP contribution in [0.25, 0.3) is 16.6 Å². The van der Waals surface area contributed by atoms with Crippen molar-refractivity contribution in [1.82, 2.24) is 24.1 Å². The molecule has 4 aromatic rings. The Morgan fingerprint density at radius 2 is 2.14 bits per heavy atom. The topological polar surface area (TPSA) is 107 Å². The molecule has 0 aliphatic carbocycles. The molecule has 0 aliphatic heterocycles. The molecule has 0 unspecified atom stereocenters. The molecule has 1 amide bonds. The first-order chi connectivity index (χ1) is 13.3. The van der Waals surface area contributed by atoms with Gasteiger partial charge in [0.2, 0.25) is 5.91 Å². The second-order valence-corrected chi connectivity index (χ2v) is 6.78. The molecule has 1 N–H and O–H groups in total. The molecule has 0 atom stereocenters. The van der Waals surface area contributed by atoms with Crippen molar-refractivity contribution < 1.29 is 13.6 Å². The van der Waals surface area contributed by atoms with Crippen molar-refractivity contribution in [3.63, 3.8) is 0 Å². The number of halogens is 2. The summed E-state index contributed by atoms with van der Waals surface area (Å²) in [5.41, 5.74) is 0.861. The minimum Gasteiger partial charge on any atom is -0.443 e. The van der Waals surface area contributed by atoms with E-state index in [4.69, 9.17) is 16.0 Å². The van der Waals surface area contributed by atoms with E-state index in [0.717, 1.165) is 17.2 Å². The van der Waals surface area contributed by atoms with Crippen LogP contribution >= 0.6 is 11.6 Å². The summed E-state index contributed by atoms with van der Waals surface area (Å²) in [6.07, 6.45) is 2.03. The maximum atomic E-state index is 13.6. The van der Waals surface area contributed by atoms with Gasteiger partial charge in [0.05, 0.1) is 11.7 Å². The Bertz CT molecular complexity index is 1280. The summed E-state index contributed by atoms with van der Waals surface area (Å²) in [4.78, 5) is 32.3. The maximum absolute atomic E-state index is 13.6. The molecule has 4 heterocycles. The van der Waals surface area contributed by atoms with Gasteiger partial charge in [-0.15, -0.1) is 0 Å². The first-order valence-corrected chi connectivity index (χ1v) is 8.70. The van der Waals surface area contributed by atoms with Crippen molar-refractivity contribution in [3.8, 4) is 0 Å². The number of carbonyl (C=O) groups is 1. The van der Waals surface area contributed by atoms with E-state index in [0.29, 0.717) is 22.4 Å². The lowest BCUT2D eigenvalue weighted by molar-refractivity contribution is -0.117. The van der Waals surface area contributed by atoms with Crippen LogP contribution in [0.1, 0.15) is 25.6 Å². The molecule has 0 spiro atoms. The molecule has 0 saturated heterocycles. The van der Waals surface area contributed by atoms with Crippen molar-refractivity contribution in [1.29, 1.82) is 0 Å². The van der Waals surface area contributed by atoms with Gasteiger partial charge in [-0.25, -0.2) is 19.0 Å². The summed E-state index contributed by atoms with van der Waals surface area (Å²) in [6, 6.07) is 3.15. The van der Waals surface area contributed by atoms with E-state index in [2.05, 4.69) is 20.4 Å². The molecular formula is C17H14ClFN6O3. The van der Waals surface area contributed by atoms with Crippen molar-refractivity contribution in [3.05, 3.63) is 51.9 Å². The van der Waals surface area contributed by atoms with Crippen molar-refractivity contribution in [2.24, 2.45) is 0 Å². The molecule has 28 heavy (non-hydrogen) atoms. The fourth-order valence-corrected chi connectivity index (χ4v) is 3.09. The highest BCUT2D eigenvalue weighted by atomic mass is 35.5. The van der Waals surface area contributed by atoms with E-state index in [1.807, 2.05) is 13.8 Å². The number of nitrogens with zero attached hydrogens (tertiary/aromatic N) is 5. The largest absolute Gasteiger partial charge is 0.443 e. The van der Waals surface area contributed by atoms with Crippen LogP contribution in [0.4, 0.5) is 10.2 Å². The third kappa shape index (κ3) is 3.01. The number of fused-ring (bicyclic) bond motifs is 3. The zero-order chi connectivity index (χ0) is 20.0. The number of amides is 1. The van der Waals surface area contributed by atoms with Gasteiger partial charge in [0.1, 0.15) is 24.2 Å². The third-order valence-electron chi connectivity index (χ3n) is 4.10. The summed E-state index contributed by atoms with van der Waals surface area (Å²) in [5, 5.41) is 6.83. The average molecular weight is 405 g/mol. The standard InChI is InChI=1S/C17H14ClFN6O3/c1-8(2)16-23-24(6-14(26)22-15-9(19)5-20-7-21-15)17(27)11-3-12-10(25(11)16)4-13(18)28-12/h3-5,7-8H,6H2,1-2H3,(H,20,21,22,26). The van der Waals surface area contributed by atoms with E-state index >= 15 is 0 Å². The first-order valence-electron chi connectivity index (χ1n) is 8.32. The minimum atomic E-state index is -0.779. The molecule has 4 aromatic heterocycles. The molecule has 0 aliphatic rings. The molecule has 9 nitrogen and oxygen atoms in total. The Hall–Kier alpha value is -3.27. The van der Waals surface area contributed by atoms with E-state index in [1.165, 1.54) is 0 Å². The summed E-state index contributed by atoms with van der Waals surface area (Å²) >= 11 is 5.91. The lowest BCUT2D eigenvalue weighted by atomic mass is 10.2. The number of nitrogens with one attached hydrogen (secondary N) is 1. The smallest absolute Gasteiger partial charge is 0.291 e. The highest BCUT2D eigenvalue weighted by Gasteiger charge is 2.20. The Kier molecular flexibility index (Phi) is 4.34. The van der Waals surface area contributed by atoms with Crippen LogP contribution in [0.3, 0.4) is 0 Å². The van der Waals surface area contributed by atoms with Crippen molar-refractivity contribution in [2.75, 3.05) is 5.32 Å². The van der Waals surface area contributed by atoms with Crippen LogP contribution in [0.5, 0.6) is 0 Å². The number of hydrogen-bond donors (Lipinski definition) is 1. The fourth-order valence-electron chi connectivity index (χ4n) is 2.91. The van der Waals surface area contributed by atoms with Gasteiger partial charge in [0.25, 0.3) is 5.56 Å². The van der Waals surface area contributed by atoms with Crippen LogP contribution in [0.2, 0.25) is 5.22 Å². The predicted octanol–water partition coefficient (Wildman–Crippen LogP) is 2.59. The lowest BCUT2D eigenvalue weighted by Crippen LogP contribution is -2.32. The average Bonchev–Trinajstić information content (AvgIpc) is 3.15. The molecule has 0 aromatic carbocycles. The van der Waals surface area contributed by atoms with Gasteiger partial charge in [-0.2, -0.15) is 5.10 Å². The maximum Gasteiger partial charge on any atom is 0.291 e. The van der Waals surface area contributed by atoms with Gasteiger partial charge in [-0.3, -0.25) is 14.0 Å². The zero-order valence-electron chi connectivity index (χ0n) is 14.8. The van der Waals surface area contributed by atoms with Crippen molar-refractivity contribution in [2.45, 2.75) is 26.3 Å². The number of anilines is 1. The van der Waals surface area contributed by atoms with E-state index in [9.17, 15) is 14.0 Å². The molecule has 4 rings (SSSR count). The highest BCUT2D eigenvalue weighted by Crippen LogP contribution is 2.27. The SMILES string of the molecule is CC(C)c1nn(CC(=O)Nc2ncncc2F)c(=O)c2cc3oc(Cl)cc3n12. The van der Waals surface area contributed by atoms with Crippen LogP contribution in [0.15, 0.2) is 33.9 Å². The van der Waals surface area contributed by atoms with Gasteiger partial charge < -0.3 is 9.73 Å². The van der Waals surface area contributed by atoms with Crippen LogP contribution < -0.4 is 10.9 Å². The van der Waals surface area contributed by atoms with Gasteiger partial charge in [-0.05, 0) is 11.6 Å². The van der Waals surface area contributed by atoms with Crippen LogP contribution in [-0.4, -0.2) is 30.1 Å². The highest BCUT2D eigenvalue weighted by molar-refractivity contribution is 6.29. The molecule has 144 valence electrons. The monoisotopic (exact) mass is 404 g/mol. The van der Waals surface area contributed by atoms with Crippen molar-refractivity contribution >= 4 is 39.9 Å². The molecular weight excluding hydrogens is 391 g/mol. The summed E-state index contributed by atoms with van der Waals surface area (Å²) < 4.78 is 21.7. The minimum absolute atomic E-state index is 0.0685. The number of hydrogen-bond acceptors (Lipinski definition) is 6. The molecule has 0 fully saturated rings. The Balaban J connectivity index is 1.77. The second kappa shape index (κ2) is 6.71.